The largest absolute Gasteiger partial charge is 0.314 e. The summed E-state index contributed by atoms with van der Waals surface area (Å²) in [4.78, 5) is 2.25. The topological polar surface area (TPSA) is 15.3 Å². The lowest BCUT2D eigenvalue weighted by molar-refractivity contribution is 0.371. The molecule has 1 aliphatic rings. The van der Waals surface area contributed by atoms with E-state index in [2.05, 4.69) is 31.2 Å². The van der Waals surface area contributed by atoms with Crippen LogP contribution in [0.1, 0.15) is 32.6 Å². The molecule has 2 heteroatoms. The van der Waals surface area contributed by atoms with E-state index in [0.29, 0.717) is 0 Å². The van der Waals surface area contributed by atoms with Gasteiger partial charge in [-0.1, -0.05) is 13.3 Å². The highest BCUT2D eigenvalue weighted by Gasteiger charge is 2.21. The Labute approximate surface area is 82.7 Å². The van der Waals surface area contributed by atoms with E-state index in [1.807, 2.05) is 0 Å². The zero-order chi connectivity index (χ0) is 9.68. The summed E-state index contributed by atoms with van der Waals surface area (Å²) in [5.41, 5.74) is 0. The Morgan fingerprint density at radius 2 is 2.08 bits per heavy atom. The van der Waals surface area contributed by atoms with Gasteiger partial charge in [0.15, 0.2) is 0 Å². The van der Waals surface area contributed by atoms with Crippen molar-refractivity contribution in [2.45, 2.75) is 38.6 Å². The molecule has 0 spiro atoms. The molecule has 1 N–H and O–H groups in total. The number of nitrogens with one attached hydrogen (secondary N) is 1. The molecule has 13 heavy (non-hydrogen) atoms. The fourth-order valence-corrected chi connectivity index (χ4v) is 2.13. The Balaban J connectivity index is 1.99. The molecular formula is C11H24N2. The lowest BCUT2D eigenvalue weighted by Crippen LogP contribution is -2.33. The highest BCUT2D eigenvalue weighted by molar-refractivity contribution is 4.79. The zero-order valence-corrected chi connectivity index (χ0v) is 9.34. The van der Waals surface area contributed by atoms with Crippen LogP contribution in [0.4, 0.5) is 0 Å². The molecule has 0 heterocycles. The molecule has 78 valence electrons. The van der Waals surface area contributed by atoms with Crippen molar-refractivity contribution in [2.75, 3.05) is 27.2 Å². The van der Waals surface area contributed by atoms with Crippen molar-refractivity contribution in [3.05, 3.63) is 0 Å². The lowest BCUT2D eigenvalue weighted by Gasteiger charge is -2.18. The monoisotopic (exact) mass is 184 g/mol. The van der Waals surface area contributed by atoms with E-state index < -0.39 is 0 Å². The molecule has 0 radical (unpaired) electrons. The van der Waals surface area contributed by atoms with Gasteiger partial charge in [-0.15, -0.1) is 0 Å². The van der Waals surface area contributed by atoms with E-state index in [1.165, 1.54) is 38.8 Å². The van der Waals surface area contributed by atoms with Crippen molar-refractivity contribution >= 4 is 0 Å². The van der Waals surface area contributed by atoms with Crippen molar-refractivity contribution in [2.24, 2.45) is 5.92 Å². The molecule has 0 aliphatic heterocycles. The number of rotatable bonds is 5. The predicted molar refractivity (Wildman–Crippen MR) is 58.0 cm³/mol. The third kappa shape index (κ3) is 4.10. The summed E-state index contributed by atoms with van der Waals surface area (Å²) in [6.07, 6.45) is 5.51. The van der Waals surface area contributed by atoms with Crippen LogP contribution in [0.3, 0.4) is 0 Å². The van der Waals surface area contributed by atoms with Gasteiger partial charge in [0.25, 0.3) is 0 Å². The van der Waals surface area contributed by atoms with E-state index >= 15 is 0 Å². The Kier molecular flexibility index (Phi) is 4.74. The van der Waals surface area contributed by atoms with E-state index in [9.17, 15) is 0 Å². The van der Waals surface area contributed by atoms with E-state index in [4.69, 9.17) is 0 Å². The highest BCUT2D eigenvalue weighted by Crippen LogP contribution is 2.24. The molecule has 0 bridgehead atoms. The van der Waals surface area contributed by atoms with Gasteiger partial charge >= 0.3 is 0 Å². The maximum Gasteiger partial charge on any atom is 0.00927 e. The Bertz CT molecular complexity index is 134. The number of nitrogens with zero attached hydrogens (tertiary/aromatic N) is 1. The van der Waals surface area contributed by atoms with Gasteiger partial charge in [-0.3, -0.25) is 0 Å². The summed E-state index contributed by atoms with van der Waals surface area (Å²) in [6.45, 7) is 4.76. The maximum atomic E-state index is 3.66. The van der Waals surface area contributed by atoms with Crippen molar-refractivity contribution in [1.82, 2.24) is 10.2 Å². The van der Waals surface area contributed by atoms with Crippen molar-refractivity contribution in [1.29, 1.82) is 0 Å². The van der Waals surface area contributed by atoms with Crippen LogP contribution in [0.2, 0.25) is 0 Å². The average molecular weight is 184 g/mol. The summed E-state index contributed by atoms with van der Waals surface area (Å²) < 4.78 is 0. The zero-order valence-electron chi connectivity index (χ0n) is 9.34. The van der Waals surface area contributed by atoms with Gasteiger partial charge in [0.05, 0.1) is 0 Å². The van der Waals surface area contributed by atoms with Gasteiger partial charge in [-0.2, -0.15) is 0 Å². The average Bonchev–Trinajstić information content (AvgIpc) is 2.45. The molecule has 2 nitrogen and oxygen atoms in total. The molecule has 1 fully saturated rings. The van der Waals surface area contributed by atoms with Crippen molar-refractivity contribution < 1.29 is 0 Å². The Morgan fingerprint density at radius 3 is 2.62 bits per heavy atom. The third-order valence-corrected chi connectivity index (χ3v) is 3.05. The summed E-state index contributed by atoms with van der Waals surface area (Å²) in [5, 5.41) is 3.66. The van der Waals surface area contributed by atoms with Crippen LogP contribution < -0.4 is 5.32 Å². The van der Waals surface area contributed by atoms with Crippen LogP contribution >= 0.6 is 0 Å². The standard InChI is InChI=1S/C11H24N2/c1-10-6-4-7-11(10)12-8-5-9-13(2)3/h10-12H,4-9H2,1-3H3/t10-,11-/m0/s1. The SMILES string of the molecule is C[C@H]1CCC[C@@H]1NCCCN(C)C. The molecule has 1 saturated carbocycles. The Morgan fingerprint density at radius 1 is 1.31 bits per heavy atom. The minimum Gasteiger partial charge on any atom is -0.314 e. The fourth-order valence-electron chi connectivity index (χ4n) is 2.13. The molecular weight excluding hydrogens is 160 g/mol. The molecule has 1 aliphatic carbocycles. The molecule has 0 aromatic carbocycles. The molecule has 0 unspecified atom stereocenters. The van der Waals surface area contributed by atoms with Crippen LogP contribution in [0, 0.1) is 5.92 Å². The highest BCUT2D eigenvalue weighted by atomic mass is 15.1. The van der Waals surface area contributed by atoms with Crippen molar-refractivity contribution in [3.63, 3.8) is 0 Å². The van der Waals surface area contributed by atoms with Crippen LogP contribution in [0.25, 0.3) is 0 Å². The maximum absolute atomic E-state index is 3.66. The van der Waals surface area contributed by atoms with Crippen LogP contribution in [-0.4, -0.2) is 38.1 Å². The molecule has 1 rings (SSSR count). The summed E-state index contributed by atoms with van der Waals surface area (Å²) >= 11 is 0. The fraction of sp³-hybridized carbons (Fsp3) is 1.00. The molecule has 0 aromatic rings. The first-order chi connectivity index (χ1) is 6.20. The van der Waals surface area contributed by atoms with Crippen LogP contribution in [0.15, 0.2) is 0 Å². The second-order valence-electron chi connectivity index (χ2n) is 4.63. The Hall–Kier alpha value is -0.0800. The predicted octanol–water partition coefficient (Wildman–Crippen LogP) is 1.72. The van der Waals surface area contributed by atoms with Crippen LogP contribution in [-0.2, 0) is 0 Å². The van der Waals surface area contributed by atoms with Gasteiger partial charge in [-0.05, 0) is 52.4 Å². The minimum atomic E-state index is 0.808. The van der Waals surface area contributed by atoms with Gasteiger partial charge in [0.1, 0.15) is 0 Å². The molecule has 0 saturated heterocycles. The van der Waals surface area contributed by atoms with Gasteiger partial charge in [-0.25, -0.2) is 0 Å². The summed E-state index contributed by atoms with van der Waals surface area (Å²) in [6, 6.07) is 0.808. The summed E-state index contributed by atoms with van der Waals surface area (Å²) in [7, 11) is 4.27. The first-order valence-electron chi connectivity index (χ1n) is 5.58. The first-order valence-corrected chi connectivity index (χ1v) is 5.58. The second-order valence-corrected chi connectivity index (χ2v) is 4.63. The quantitative estimate of drug-likeness (QED) is 0.654. The number of hydrogen-bond acceptors (Lipinski definition) is 2. The number of hydrogen-bond donors (Lipinski definition) is 1. The lowest BCUT2D eigenvalue weighted by atomic mass is 10.1. The van der Waals surface area contributed by atoms with E-state index in [0.717, 1.165) is 12.0 Å². The minimum absolute atomic E-state index is 0.808. The molecule has 2 atom stereocenters. The van der Waals surface area contributed by atoms with Crippen LogP contribution in [0.5, 0.6) is 0 Å². The molecule has 0 amide bonds. The normalized spacial score (nSPS) is 28.6. The van der Waals surface area contributed by atoms with Gasteiger partial charge in [0, 0.05) is 6.04 Å². The van der Waals surface area contributed by atoms with E-state index in [-0.39, 0.29) is 0 Å². The van der Waals surface area contributed by atoms with Gasteiger partial charge < -0.3 is 10.2 Å². The third-order valence-electron chi connectivity index (χ3n) is 3.05. The van der Waals surface area contributed by atoms with E-state index in [1.54, 1.807) is 0 Å². The first kappa shape index (κ1) is 11.0. The smallest absolute Gasteiger partial charge is 0.00927 e. The second kappa shape index (κ2) is 5.61. The summed E-state index contributed by atoms with van der Waals surface area (Å²) in [5.74, 6) is 0.902. The molecule has 0 aromatic heterocycles. The van der Waals surface area contributed by atoms with Crippen molar-refractivity contribution in [3.8, 4) is 0 Å². The van der Waals surface area contributed by atoms with Gasteiger partial charge in [0.2, 0.25) is 0 Å².